The van der Waals surface area contributed by atoms with Gasteiger partial charge in [-0.1, -0.05) is 24.3 Å². The van der Waals surface area contributed by atoms with E-state index in [9.17, 15) is 13.2 Å². The zero-order valence-electron chi connectivity index (χ0n) is 11.4. The van der Waals surface area contributed by atoms with Crippen molar-refractivity contribution in [3.63, 3.8) is 0 Å². The Morgan fingerprint density at radius 2 is 1.52 bits per heavy atom. The van der Waals surface area contributed by atoms with Crippen LogP contribution in [0, 0.1) is 0 Å². The van der Waals surface area contributed by atoms with Gasteiger partial charge in [0.15, 0.2) is 0 Å². The third-order valence-corrected chi connectivity index (χ3v) is 3.11. The van der Waals surface area contributed by atoms with Gasteiger partial charge in [0.2, 0.25) is 0 Å². The highest BCUT2D eigenvalue weighted by Gasteiger charge is 2.29. The number of alkyl halides is 3. The summed E-state index contributed by atoms with van der Waals surface area (Å²) >= 11 is 0. The van der Waals surface area contributed by atoms with Crippen molar-refractivity contribution in [2.24, 2.45) is 5.73 Å². The highest BCUT2D eigenvalue weighted by atomic mass is 19.4. The fourth-order valence-electron chi connectivity index (χ4n) is 2.00. The molecule has 2 aromatic carbocycles. The first-order chi connectivity index (χ1) is 10.0. The van der Waals surface area contributed by atoms with Crippen LogP contribution in [0.1, 0.15) is 16.7 Å². The monoisotopic (exact) mass is 295 g/mol. The van der Waals surface area contributed by atoms with Crippen LogP contribution in [-0.4, -0.2) is 6.54 Å². The Hall–Kier alpha value is -2.01. The Bertz CT molecular complexity index is 579. The summed E-state index contributed by atoms with van der Waals surface area (Å²) in [4.78, 5) is 0. The molecule has 2 rings (SSSR count). The van der Waals surface area contributed by atoms with Crippen molar-refractivity contribution in [3.05, 3.63) is 65.2 Å². The van der Waals surface area contributed by atoms with Crippen molar-refractivity contribution in [1.82, 2.24) is 0 Å². The molecule has 112 valence electrons. The van der Waals surface area contributed by atoms with E-state index in [1.54, 1.807) is 0 Å². The topological polar surface area (TPSA) is 35.2 Å². The number of ether oxygens (including phenoxy) is 1. The van der Waals surface area contributed by atoms with Crippen molar-refractivity contribution in [1.29, 1.82) is 0 Å². The van der Waals surface area contributed by atoms with E-state index in [0.29, 0.717) is 18.9 Å². The fourth-order valence-corrected chi connectivity index (χ4v) is 2.00. The average Bonchev–Trinajstić information content (AvgIpc) is 2.46. The largest absolute Gasteiger partial charge is 0.489 e. The summed E-state index contributed by atoms with van der Waals surface area (Å²) in [5.74, 6) is 0.408. The van der Waals surface area contributed by atoms with E-state index in [2.05, 4.69) is 0 Å². The van der Waals surface area contributed by atoms with Crippen molar-refractivity contribution < 1.29 is 17.9 Å². The van der Waals surface area contributed by atoms with Gasteiger partial charge in [-0.3, -0.25) is 0 Å². The average molecular weight is 295 g/mol. The second-order valence-electron chi connectivity index (χ2n) is 4.62. The van der Waals surface area contributed by atoms with Gasteiger partial charge in [-0.2, -0.15) is 13.2 Å². The SMILES string of the molecule is NCCc1ccccc1COc1ccc(C(F)(F)F)cc1. The van der Waals surface area contributed by atoms with Crippen LogP contribution < -0.4 is 10.5 Å². The Balaban J connectivity index is 2.03. The minimum absolute atomic E-state index is 0.307. The molecule has 0 aliphatic heterocycles. The first-order valence-corrected chi connectivity index (χ1v) is 6.57. The van der Waals surface area contributed by atoms with Crippen LogP contribution in [0.25, 0.3) is 0 Å². The normalized spacial score (nSPS) is 11.4. The van der Waals surface area contributed by atoms with Crippen LogP contribution in [0.2, 0.25) is 0 Å². The van der Waals surface area contributed by atoms with Gasteiger partial charge < -0.3 is 10.5 Å². The molecule has 5 heteroatoms. The maximum atomic E-state index is 12.5. The van der Waals surface area contributed by atoms with E-state index < -0.39 is 11.7 Å². The summed E-state index contributed by atoms with van der Waals surface area (Å²) in [6.45, 7) is 0.846. The molecule has 0 heterocycles. The summed E-state index contributed by atoms with van der Waals surface area (Å²) < 4.78 is 42.9. The predicted octanol–water partition coefficient (Wildman–Crippen LogP) is 3.79. The fraction of sp³-hybridized carbons (Fsp3) is 0.250. The third-order valence-electron chi connectivity index (χ3n) is 3.11. The van der Waals surface area contributed by atoms with Crippen molar-refractivity contribution in [2.75, 3.05) is 6.54 Å². The molecule has 0 saturated heterocycles. The smallest absolute Gasteiger partial charge is 0.416 e. The first-order valence-electron chi connectivity index (χ1n) is 6.57. The summed E-state index contributed by atoms with van der Waals surface area (Å²) in [5.41, 5.74) is 6.94. The van der Waals surface area contributed by atoms with E-state index in [1.165, 1.54) is 12.1 Å². The van der Waals surface area contributed by atoms with Gasteiger partial charge in [-0.15, -0.1) is 0 Å². The number of hydrogen-bond acceptors (Lipinski definition) is 2. The summed E-state index contributed by atoms with van der Waals surface area (Å²) in [5, 5.41) is 0. The number of halogens is 3. The maximum Gasteiger partial charge on any atom is 0.416 e. The lowest BCUT2D eigenvalue weighted by Crippen LogP contribution is -2.07. The highest BCUT2D eigenvalue weighted by molar-refractivity contribution is 5.31. The van der Waals surface area contributed by atoms with Gasteiger partial charge in [0.05, 0.1) is 5.56 Å². The lowest BCUT2D eigenvalue weighted by Gasteiger charge is -2.11. The molecule has 0 spiro atoms. The molecule has 2 aromatic rings. The van der Waals surface area contributed by atoms with Crippen LogP contribution in [0.5, 0.6) is 5.75 Å². The number of benzene rings is 2. The molecule has 0 aromatic heterocycles. The Morgan fingerprint density at radius 3 is 2.10 bits per heavy atom. The number of hydrogen-bond donors (Lipinski definition) is 1. The number of nitrogens with two attached hydrogens (primary N) is 1. The molecular weight excluding hydrogens is 279 g/mol. The minimum Gasteiger partial charge on any atom is -0.489 e. The third kappa shape index (κ3) is 4.23. The zero-order chi connectivity index (χ0) is 15.3. The molecule has 2 nitrogen and oxygen atoms in total. The van der Waals surface area contributed by atoms with Crippen LogP contribution in [0.4, 0.5) is 13.2 Å². The summed E-state index contributed by atoms with van der Waals surface area (Å²) in [7, 11) is 0. The molecule has 2 N–H and O–H groups in total. The summed E-state index contributed by atoms with van der Waals surface area (Å²) in [6.07, 6.45) is -3.58. The van der Waals surface area contributed by atoms with Crippen molar-refractivity contribution in [3.8, 4) is 5.75 Å². The minimum atomic E-state index is -4.33. The second-order valence-corrected chi connectivity index (χ2v) is 4.62. The van der Waals surface area contributed by atoms with Crippen molar-refractivity contribution >= 4 is 0 Å². The first kappa shape index (κ1) is 15.4. The Kier molecular flexibility index (Phi) is 4.85. The quantitative estimate of drug-likeness (QED) is 0.911. The van der Waals surface area contributed by atoms with Crippen LogP contribution >= 0.6 is 0 Å². The molecule has 0 radical (unpaired) electrons. The predicted molar refractivity (Wildman–Crippen MR) is 75.0 cm³/mol. The van der Waals surface area contributed by atoms with Crippen LogP contribution in [-0.2, 0) is 19.2 Å². The van der Waals surface area contributed by atoms with Gasteiger partial charge in [-0.25, -0.2) is 0 Å². The molecule has 0 saturated carbocycles. The standard InChI is InChI=1S/C16H16F3NO/c17-16(18,19)14-5-7-15(8-6-14)21-11-13-4-2-1-3-12(13)9-10-20/h1-8H,9-11,20H2. The molecule has 21 heavy (non-hydrogen) atoms. The molecule has 0 fully saturated rings. The van der Waals surface area contributed by atoms with Crippen molar-refractivity contribution in [2.45, 2.75) is 19.2 Å². The van der Waals surface area contributed by atoms with Gasteiger partial charge in [-0.05, 0) is 48.4 Å². The van der Waals surface area contributed by atoms with E-state index in [4.69, 9.17) is 10.5 Å². The van der Waals surface area contributed by atoms with Gasteiger partial charge >= 0.3 is 6.18 Å². The molecule has 0 bridgehead atoms. The lowest BCUT2D eigenvalue weighted by molar-refractivity contribution is -0.137. The lowest BCUT2D eigenvalue weighted by atomic mass is 10.1. The van der Waals surface area contributed by atoms with Crippen LogP contribution in [0.3, 0.4) is 0 Å². The molecule has 0 aliphatic rings. The van der Waals surface area contributed by atoms with Gasteiger partial charge in [0.1, 0.15) is 12.4 Å². The van der Waals surface area contributed by atoms with E-state index in [0.717, 1.165) is 29.7 Å². The van der Waals surface area contributed by atoms with Crippen LogP contribution in [0.15, 0.2) is 48.5 Å². The molecular formula is C16H16F3NO. The molecule has 0 aliphatic carbocycles. The zero-order valence-corrected chi connectivity index (χ0v) is 11.4. The second kappa shape index (κ2) is 6.63. The molecule has 0 atom stereocenters. The highest BCUT2D eigenvalue weighted by Crippen LogP contribution is 2.30. The number of rotatable bonds is 5. The van der Waals surface area contributed by atoms with E-state index in [-0.39, 0.29) is 0 Å². The maximum absolute atomic E-state index is 12.5. The Morgan fingerprint density at radius 1 is 0.905 bits per heavy atom. The molecule has 0 amide bonds. The summed E-state index contributed by atoms with van der Waals surface area (Å²) in [6, 6.07) is 12.4. The van der Waals surface area contributed by atoms with E-state index in [1.807, 2.05) is 24.3 Å². The molecule has 0 unspecified atom stereocenters. The van der Waals surface area contributed by atoms with Gasteiger partial charge in [0.25, 0.3) is 0 Å². The van der Waals surface area contributed by atoms with Gasteiger partial charge in [0, 0.05) is 0 Å². The Labute approximate surface area is 121 Å². The van der Waals surface area contributed by atoms with E-state index >= 15 is 0 Å².